The Morgan fingerprint density at radius 3 is 2.66 bits per heavy atom. The standard InChI is InChI=1S/C26H32ClN3O2/c1-2-19-8-5-9-24(25(19)27)30-14-12-29(13-15-30)18-23(31)10-11-28-26(32)22-16-20-6-3-4-7-21(20)17-22/h3-9,16,23,31H,2,10-15,17-18H2,1H3,(H,28,32)/t23-/m1/s1. The van der Waals surface area contributed by atoms with Crippen molar-refractivity contribution in [3.8, 4) is 0 Å². The maximum Gasteiger partial charge on any atom is 0.247 e. The number of hydrogen-bond acceptors (Lipinski definition) is 4. The molecule has 2 aromatic rings. The molecule has 0 spiro atoms. The van der Waals surface area contributed by atoms with Crippen LogP contribution in [0.5, 0.6) is 0 Å². The molecule has 2 aliphatic rings. The number of carbonyl (C=O) groups is 1. The Hall–Kier alpha value is -2.34. The van der Waals surface area contributed by atoms with Crippen molar-refractivity contribution in [3.63, 3.8) is 0 Å². The molecule has 32 heavy (non-hydrogen) atoms. The van der Waals surface area contributed by atoms with Crippen molar-refractivity contribution in [3.05, 3.63) is 69.8 Å². The van der Waals surface area contributed by atoms with Crippen LogP contribution in [0.3, 0.4) is 0 Å². The number of amides is 1. The minimum absolute atomic E-state index is 0.0341. The Morgan fingerprint density at radius 2 is 1.91 bits per heavy atom. The summed E-state index contributed by atoms with van der Waals surface area (Å²) in [6.07, 6.45) is 3.67. The lowest BCUT2D eigenvalue weighted by Crippen LogP contribution is -2.49. The van der Waals surface area contributed by atoms with E-state index in [9.17, 15) is 9.90 Å². The van der Waals surface area contributed by atoms with Crippen LogP contribution in [-0.2, 0) is 17.6 Å². The van der Waals surface area contributed by atoms with Crippen LogP contribution in [0.25, 0.3) is 6.08 Å². The van der Waals surface area contributed by atoms with Crippen LogP contribution in [0.4, 0.5) is 5.69 Å². The number of aliphatic hydroxyl groups is 1. The zero-order valence-corrected chi connectivity index (χ0v) is 19.4. The van der Waals surface area contributed by atoms with Crippen LogP contribution in [0, 0.1) is 0 Å². The Bertz CT molecular complexity index is 983. The van der Waals surface area contributed by atoms with Crippen LogP contribution >= 0.6 is 11.6 Å². The third-order valence-corrected chi connectivity index (χ3v) is 6.88. The number of anilines is 1. The van der Waals surface area contributed by atoms with Crippen molar-refractivity contribution in [1.82, 2.24) is 10.2 Å². The van der Waals surface area contributed by atoms with Gasteiger partial charge in [-0.3, -0.25) is 9.69 Å². The van der Waals surface area contributed by atoms with Gasteiger partial charge in [-0.05, 0) is 41.7 Å². The SMILES string of the molecule is CCc1cccc(N2CCN(C[C@H](O)CCNC(=O)C3=Cc4ccccc4C3)CC2)c1Cl. The monoisotopic (exact) mass is 453 g/mol. The maximum atomic E-state index is 12.4. The maximum absolute atomic E-state index is 12.4. The minimum atomic E-state index is -0.455. The third kappa shape index (κ3) is 5.34. The predicted octanol–water partition coefficient (Wildman–Crippen LogP) is 3.53. The van der Waals surface area contributed by atoms with Gasteiger partial charge in [0.2, 0.25) is 5.91 Å². The molecule has 1 fully saturated rings. The number of carbonyl (C=O) groups excluding carboxylic acids is 1. The van der Waals surface area contributed by atoms with E-state index >= 15 is 0 Å². The Labute approximate surface area is 195 Å². The fourth-order valence-electron chi connectivity index (χ4n) is 4.54. The molecule has 1 atom stereocenters. The van der Waals surface area contributed by atoms with Crippen LogP contribution in [0.15, 0.2) is 48.0 Å². The lowest BCUT2D eigenvalue weighted by molar-refractivity contribution is -0.117. The van der Waals surface area contributed by atoms with Crippen molar-refractivity contribution < 1.29 is 9.90 Å². The number of aliphatic hydroxyl groups excluding tert-OH is 1. The largest absolute Gasteiger partial charge is 0.392 e. The summed E-state index contributed by atoms with van der Waals surface area (Å²) in [5, 5.41) is 14.3. The van der Waals surface area contributed by atoms with Crippen LogP contribution in [-0.4, -0.2) is 61.3 Å². The first-order valence-corrected chi connectivity index (χ1v) is 11.9. The van der Waals surface area contributed by atoms with Crippen molar-refractivity contribution in [1.29, 1.82) is 0 Å². The number of benzene rings is 2. The highest BCUT2D eigenvalue weighted by atomic mass is 35.5. The molecule has 4 rings (SSSR count). The van der Waals surface area contributed by atoms with E-state index < -0.39 is 6.10 Å². The Balaban J connectivity index is 1.18. The van der Waals surface area contributed by atoms with E-state index in [1.807, 2.05) is 24.3 Å². The summed E-state index contributed by atoms with van der Waals surface area (Å²) in [7, 11) is 0. The third-order valence-electron chi connectivity index (χ3n) is 6.44. The molecular formula is C26H32ClN3O2. The number of piperazine rings is 1. The lowest BCUT2D eigenvalue weighted by Gasteiger charge is -2.37. The zero-order valence-electron chi connectivity index (χ0n) is 18.7. The Kier molecular flexibility index (Phi) is 7.51. The molecule has 1 heterocycles. The molecule has 1 aliphatic heterocycles. The number of rotatable bonds is 8. The predicted molar refractivity (Wildman–Crippen MR) is 131 cm³/mol. The molecule has 0 unspecified atom stereocenters. The van der Waals surface area contributed by atoms with E-state index in [-0.39, 0.29) is 5.91 Å². The van der Waals surface area contributed by atoms with Gasteiger partial charge in [0, 0.05) is 51.3 Å². The number of fused-ring (bicyclic) bond motifs is 1. The van der Waals surface area contributed by atoms with Crippen molar-refractivity contribution in [2.45, 2.75) is 32.3 Å². The van der Waals surface area contributed by atoms with Crippen LogP contribution in [0.2, 0.25) is 5.02 Å². The molecule has 170 valence electrons. The van der Waals surface area contributed by atoms with Crippen molar-refractivity contribution in [2.75, 3.05) is 44.2 Å². The number of nitrogens with zero attached hydrogens (tertiary/aromatic N) is 2. The molecule has 0 aromatic heterocycles. The lowest BCUT2D eigenvalue weighted by atomic mass is 10.1. The number of nitrogens with one attached hydrogen (secondary N) is 1. The van der Waals surface area contributed by atoms with Gasteiger partial charge in [0.25, 0.3) is 0 Å². The summed E-state index contributed by atoms with van der Waals surface area (Å²) in [4.78, 5) is 17.1. The summed E-state index contributed by atoms with van der Waals surface area (Å²) in [5.74, 6) is -0.0341. The molecule has 0 radical (unpaired) electrons. The minimum Gasteiger partial charge on any atom is -0.392 e. The van der Waals surface area contributed by atoms with Gasteiger partial charge in [-0.1, -0.05) is 54.9 Å². The van der Waals surface area contributed by atoms with E-state index in [1.54, 1.807) is 0 Å². The molecule has 2 aromatic carbocycles. The number of hydrogen-bond donors (Lipinski definition) is 2. The van der Waals surface area contributed by atoms with Crippen LogP contribution < -0.4 is 10.2 Å². The number of halogens is 1. The van der Waals surface area contributed by atoms with E-state index in [4.69, 9.17) is 11.6 Å². The second kappa shape index (κ2) is 10.5. The molecular weight excluding hydrogens is 422 g/mol. The van der Waals surface area contributed by atoms with Crippen molar-refractivity contribution >= 4 is 29.3 Å². The molecule has 0 saturated carbocycles. The van der Waals surface area contributed by atoms with Gasteiger partial charge in [-0.15, -0.1) is 0 Å². The van der Waals surface area contributed by atoms with Gasteiger partial charge < -0.3 is 15.3 Å². The molecule has 1 aliphatic carbocycles. The average molecular weight is 454 g/mol. The quantitative estimate of drug-likeness (QED) is 0.642. The normalized spacial score (nSPS) is 17.1. The van der Waals surface area contributed by atoms with Crippen molar-refractivity contribution in [2.24, 2.45) is 0 Å². The summed E-state index contributed by atoms with van der Waals surface area (Å²) in [5.41, 5.74) is 5.40. The van der Waals surface area contributed by atoms with Gasteiger partial charge in [-0.25, -0.2) is 0 Å². The summed E-state index contributed by atoms with van der Waals surface area (Å²) < 4.78 is 0. The average Bonchev–Trinajstić information content (AvgIpc) is 3.24. The summed E-state index contributed by atoms with van der Waals surface area (Å²) in [6.45, 7) is 6.79. The van der Waals surface area contributed by atoms with Gasteiger partial charge in [0.05, 0.1) is 16.8 Å². The van der Waals surface area contributed by atoms with E-state index in [1.165, 1.54) is 11.1 Å². The molecule has 0 bridgehead atoms. The first-order valence-electron chi connectivity index (χ1n) is 11.5. The van der Waals surface area contributed by atoms with E-state index in [0.717, 1.165) is 54.4 Å². The fraction of sp³-hybridized carbons (Fsp3) is 0.423. The van der Waals surface area contributed by atoms with E-state index in [2.05, 4.69) is 46.3 Å². The number of β-amino-alcohol motifs (C(OH)–C–C–N with tert-alkyl or cyclic N) is 1. The zero-order chi connectivity index (χ0) is 22.5. The van der Waals surface area contributed by atoms with Crippen LogP contribution in [0.1, 0.15) is 30.0 Å². The van der Waals surface area contributed by atoms with Gasteiger partial charge in [0.15, 0.2) is 0 Å². The summed E-state index contributed by atoms with van der Waals surface area (Å²) >= 11 is 6.59. The van der Waals surface area contributed by atoms with Gasteiger partial charge >= 0.3 is 0 Å². The second-order valence-corrected chi connectivity index (χ2v) is 9.01. The first-order chi connectivity index (χ1) is 15.5. The highest BCUT2D eigenvalue weighted by Crippen LogP contribution is 2.30. The molecule has 1 saturated heterocycles. The molecule has 2 N–H and O–H groups in total. The highest BCUT2D eigenvalue weighted by molar-refractivity contribution is 6.34. The fourth-order valence-corrected chi connectivity index (χ4v) is 4.91. The van der Waals surface area contributed by atoms with Gasteiger partial charge in [0.1, 0.15) is 0 Å². The molecule has 5 nitrogen and oxygen atoms in total. The van der Waals surface area contributed by atoms with E-state index in [0.29, 0.717) is 25.9 Å². The highest BCUT2D eigenvalue weighted by Gasteiger charge is 2.22. The van der Waals surface area contributed by atoms with Gasteiger partial charge in [-0.2, -0.15) is 0 Å². The molecule has 1 amide bonds. The topological polar surface area (TPSA) is 55.8 Å². The second-order valence-electron chi connectivity index (χ2n) is 8.64. The molecule has 6 heteroatoms. The summed E-state index contributed by atoms with van der Waals surface area (Å²) in [6, 6.07) is 14.3. The number of aryl methyl sites for hydroxylation is 1. The first kappa shape index (κ1) is 22.8. The smallest absolute Gasteiger partial charge is 0.247 e. The Morgan fingerprint density at radius 1 is 1.12 bits per heavy atom.